The van der Waals surface area contributed by atoms with E-state index in [1.807, 2.05) is 0 Å². The molecule has 0 amide bonds. The van der Waals surface area contributed by atoms with Crippen molar-refractivity contribution in [2.75, 3.05) is 11.9 Å². The van der Waals surface area contributed by atoms with E-state index < -0.39 is 0 Å². The molecule has 0 atom stereocenters. The number of hydrogen-bond donors (Lipinski definition) is 1. The number of halogens is 1. The summed E-state index contributed by atoms with van der Waals surface area (Å²) < 4.78 is 3.35. The Hall–Kier alpha value is -2.60. The first-order chi connectivity index (χ1) is 14.8. The van der Waals surface area contributed by atoms with Crippen LogP contribution in [0.3, 0.4) is 0 Å². The number of anilines is 1. The van der Waals surface area contributed by atoms with E-state index in [0.29, 0.717) is 0 Å². The maximum absolute atomic E-state index is 5.24. The molecule has 2 heterocycles. The van der Waals surface area contributed by atoms with Gasteiger partial charge in [0.25, 0.3) is 0 Å². The lowest BCUT2D eigenvalue weighted by Gasteiger charge is -2.18. The first-order valence-corrected chi connectivity index (χ1v) is 11.6. The van der Waals surface area contributed by atoms with Crippen LogP contribution in [0, 0.1) is 3.57 Å². The van der Waals surface area contributed by atoms with Crippen LogP contribution in [0.5, 0.6) is 0 Å². The molecule has 0 fully saturated rings. The third kappa shape index (κ3) is 3.76. The molecule has 150 valence electrons. The van der Waals surface area contributed by atoms with E-state index in [4.69, 9.17) is 5.10 Å². The van der Waals surface area contributed by atoms with Crippen LogP contribution < -0.4 is 5.32 Å². The predicted molar refractivity (Wildman–Crippen MR) is 132 cm³/mol. The normalized spacial score (nSPS) is 13.5. The Balaban J connectivity index is 1.72. The van der Waals surface area contributed by atoms with E-state index in [9.17, 15) is 0 Å². The molecule has 5 rings (SSSR count). The molecule has 1 aliphatic rings. The summed E-state index contributed by atoms with van der Waals surface area (Å²) in [6.45, 7) is 0.990. The van der Waals surface area contributed by atoms with E-state index in [1.54, 1.807) is 0 Å². The zero-order valence-electron chi connectivity index (χ0n) is 16.8. The highest BCUT2D eigenvalue weighted by molar-refractivity contribution is 14.1. The highest BCUT2D eigenvalue weighted by Gasteiger charge is 2.28. The Labute approximate surface area is 191 Å². The molecule has 0 bridgehead atoms. The molecule has 1 N–H and O–H groups in total. The van der Waals surface area contributed by atoms with Crippen molar-refractivity contribution in [3.8, 4) is 5.69 Å². The average molecular weight is 505 g/mol. The molecular formula is C26H24IN3. The lowest BCUT2D eigenvalue weighted by molar-refractivity contribution is 0.754. The molecule has 4 aromatic rings. The van der Waals surface area contributed by atoms with Gasteiger partial charge in [-0.25, -0.2) is 4.68 Å². The van der Waals surface area contributed by atoms with Gasteiger partial charge in [0.05, 0.1) is 17.3 Å². The lowest BCUT2D eigenvalue weighted by atomic mass is 9.86. The van der Waals surface area contributed by atoms with Crippen LogP contribution in [0.2, 0.25) is 0 Å². The second-order valence-corrected chi connectivity index (χ2v) is 8.98. The lowest BCUT2D eigenvalue weighted by Crippen LogP contribution is -2.08. The number of rotatable bonds is 4. The van der Waals surface area contributed by atoms with Crippen LogP contribution in [-0.2, 0) is 6.42 Å². The average Bonchev–Trinajstić information content (AvgIpc) is 2.97. The predicted octanol–water partition coefficient (Wildman–Crippen LogP) is 6.41. The molecule has 1 aliphatic heterocycles. The van der Waals surface area contributed by atoms with Crippen LogP contribution in [0.4, 0.5) is 5.82 Å². The van der Waals surface area contributed by atoms with Crippen LogP contribution in [0.15, 0.2) is 84.9 Å². The summed E-state index contributed by atoms with van der Waals surface area (Å²) >= 11 is 2.35. The minimum absolute atomic E-state index is 0.117. The van der Waals surface area contributed by atoms with Gasteiger partial charge in [-0.1, -0.05) is 60.7 Å². The summed E-state index contributed by atoms with van der Waals surface area (Å²) in [6.07, 6.45) is 3.42. The molecule has 1 aromatic heterocycles. The molecule has 4 heteroatoms. The van der Waals surface area contributed by atoms with Gasteiger partial charge in [0.2, 0.25) is 0 Å². The Bertz CT molecular complexity index is 1080. The molecule has 3 nitrogen and oxygen atoms in total. The maximum atomic E-state index is 5.24. The second-order valence-electron chi connectivity index (χ2n) is 7.74. The standard InChI is InChI=1S/C26H24IN3/c27-21-14-16-22(17-15-21)30-26-23(13-7-8-18-28-26)25(29-30)24(19-9-3-1-4-10-19)20-11-5-2-6-12-20/h1-6,9-12,14-17,24,28H,7-8,13,18H2. The van der Waals surface area contributed by atoms with Crippen molar-refractivity contribution in [1.82, 2.24) is 9.78 Å². The zero-order chi connectivity index (χ0) is 20.3. The van der Waals surface area contributed by atoms with E-state index in [0.717, 1.165) is 30.2 Å². The minimum Gasteiger partial charge on any atom is -0.370 e. The molecule has 0 unspecified atom stereocenters. The Morgan fingerprint density at radius 2 is 1.43 bits per heavy atom. The number of nitrogens with zero attached hydrogens (tertiary/aromatic N) is 2. The van der Waals surface area contributed by atoms with Gasteiger partial charge in [-0.3, -0.25) is 0 Å². The fourth-order valence-corrected chi connectivity index (χ4v) is 4.69. The molecule has 0 spiro atoms. The van der Waals surface area contributed by atoms with Crippen LogP contribution in [0.25, 0.3) is 5.69 Å². The molecule has 0 saturated heterocycles. The quantitative estimate of drug-likeness (QED) is 0.325. The zero-order valence-corrected chi connectivity index (χ0v) is 18.9. The van der Waals surface area contributed by atoms with Crippen LogP contribution in [-0.4, -0.2) is 16.3 Å². The van der Waals surface area contributed by atoms with Crippen molar-refractivity contribution in [2.24, 2.45) is 0 Å². The highest BCUT2D eigenvalue weighted by atomic mass is 127. The number of hydrogen-bond acceptors (Lipinski definition) is 2. The van der Waals surface area contributed by atoms with Crippen LogP contribution in [0.1, 0.15) is 41.1 Å². The van der Waals surface area contributed by atoms with E-state index in [2.05, 4.69) is 118 Å². The smallest absolute Gasteiger partial charge is 0.133 e. The van der Waals surface area contributed by atoms with Gasteiger partial charge in [0, 0.05) is 15.7 Å². The van der Waals surface area contributed by atoms with Crippen molar-refractivity contribution >= 4 is 28.4 Å². The summed E-state index contributed by atoms with van der Waals surface area (Å²) in [5.41, 5.74) is 6.18. The van der Waals surface area contributed by atoms with Gasteiger partial charge < -0.3 is 5.32 Å². The highest BCUT2D eigenvalue weighted by Crippen LogP contribution is 2.38. The number of aromatic nitrogens is 2. The minimum atomic E-state index is 0.117. The van der Waals surface area contributed by atoms with E-state index >= 15 is 0 Å². The maximum Gasteiger partial charge on any atom is 0.133 e. The van der Waals surface area contributed by atoms with Crippen molar-refractivity contribution in [3.63, 3.8) is 0 Å². The third-order valence-corrected chi connectivity index (χ3v) is 6.49. The molecule has 30 heavy (non-hydrogen) atoms. The van der Waals surface area contributed by atoms with Gasteiger partial charge in [-0.2, -0.15) is 5.10 Å². The second kappa shape index (κ2) is 8.64. The van der Waals surface area contributed by atoms with Crippen molar-refractivity contribution in [2.45, 2.75) is 25.2 Å². The first kappa shape index (κ1) is 19.4. The molecule has 0 saturated carbocycles. The largest absolute Gasteiger partial charge is 0.370 e. The molecule has 0 aliphatic carbocycles. The SMILES string of the molecule is Ic1ccc(-n2nc(C(c3ccccc3)c3ccccc3)c3c2NCCCC3)cc1. The van der Waals surface area contributed by atoms with Crippen molar-refractivity contribution in [3.05, 3.63) is 111 Å². The Kier molecular flexibility index (Phi) is 5.58. The van der Waals surface area contributed by atoms with Crippen molar-refractivity contribution in [1.29, 1.82) is 0 Å². The Morgan fingerprint density at radius 1 is 0.800 bits per heavy atom. The van der Waals surface area contributed by atoms with Gasteiger partial charge in [0.1, 0.15) is 5.82 Å². The number of fused-ring (bicyclic) bond motifs is 1. The fourth-order valence-electron chi connectivity index (χ4n) is 4.33. The molecular weight excluding hydrogens is 481 g/mol. The summed E-state index contributed by atoms with van der Waals surface area (Å²) in [4.78, 5) is 0. The summed E-state index contributed by atoms with van der Waals surface area (Å²) in [5, 5.41) is 8.92. The monoisotopic (exact) mass is 505 g/mol. The van der Waals surface area contributed by atoms with E-state index in [1.165, 1.54) is 33.1 Å². The molecule has 3 aromatic carbocycles. The molecule has 0 radical (unpaired) electrons. The van der Waals surface area contributed by atoms with Gasteiger partial charge in [-0.15, -0.1) is 0 Å². The summed E-state index contributed by atoms with van der Waals surface area (Å²) in [5.74, 6) is 1.27. The Morgan fingerprint density at radius 3 is 2.07 bits per heavy atom. The van der Waals surface area contributed by atoms with Crippen LogP contribution >= 0.6 is 22.6 Å². The number of benzene rings is 3. The summed E-state index contributed by atoms with van der Waals surface area (Å²) in [7, 11) is 0. The number of nitrogens with one attached hydrogen (secondary N) is 1. The third-order valence-electron chi connectivity index (χ3n) is 5.77. The fraction of sp³-hybridized carbons (Fsp3) is 0.192. The van der Waals surface area contributed by atoms with Gasteiger partial charge in [0.15, 0.2) is 0 Å². The topological polar surface area (TPSA) is 29.9 Å². The van der Waals surface area contributed by atoms with Gasteiger partial charge in [-0.05, 0) is 77.2 Å². The van der Waals surface area contributed by atoms with Gasteiger partial charge >= 0.3 is 0 Å². The van der Waals surface area contributed by atoms with E-state index in [-0.39, 0.29) is 5.92 Å². The summed E-state index contributed by atoms with van der Waals surface area (Å²) in [6, 6.07) is 30.1. The van der Waals surface area contributed by atoms with Crippen molar-refractivity contribution < 1.29 is 0 Å². The first-order valence-electron chi connectivity index (χ1n) is 10.5.